The summed E-state index contributed by atoms with van der Waals surface area (Å²) in [7, 11) is 0. The zero-order valence-corrected chi connectivity index (χ0v) is 9.49. The fraction of sp³-hybridized carbons (Fsp3) is 0.909. The Balaban J connectivity index is 2.47. The molecule has 1 heterocycles. The summed E-state index contributed by atoms with van der Waals surface area (Å²) in [4.78, 5) is 11.3. The summed E-state index contributed by atoms with van der Waals surface area (Å²) in [5.74, 6) is -0.732. The number of ether oxygens (including phenoxy) is 2. The monoisotopic (exact) mass is 216 g/mol. The van der Waals surface area contributed by atoms with Crippen molar-refractivity contribution in [2.75, 3.05) is 19.8 Å². The van der Waals surface area contributed by atoms with Gasteiger partial charge >= 0.3 is 5.97 Å². The number of aliphatic carboxylic acids is 1. The van der Waals surface area contributed by atoms with Gasteiger partial charge in [-0.2, -0.15) is 0 Å². The molecule has 0 saturated carbocycles. The molecule has 0 bridgehead atoms. The van der Waals surface area contributed by atoms with Crippen LogP contribution in [0.25, 0.3) is 0 Å². The maximum atomic E-state index is 11.3. The van der Waals surface area contributed by atoms with Gasteiger partial charge in [0, 0.05) is 19.8 Å². The van der Waals surface area contributed by atoms with Crippen LogP contribution in [0, 0.1) is 5.41 Å². The van der Waals surface area contributed by atoms with E-state index in [9.17, 15) is 9.90 Å². The number of carboxylic acids is 1. The summed E-state index contributed by atoms with van der Waals surface area (Å²) in [6.45, 7) is 5.67. The maximum absolute atomic E-state index is 11.3. The Kier molecular flexibility index (Phi) is 4.54. The lowest BCUT2D eigenvalue weighted by atomic mass is 9.78. The average Bonchev–Trinajstić information content (AvgIpc) is 2.56. The van der Waals surface area contributed by atoms with Gasteiger partial charge in [-0.05, 0) is 33.1 Å². The molecule has 0 aromatic heterocycles. The molecule has 0 spiro atoms. The largest absolute Gasteiger partial charge is 0.481 e. The molecule has 88 valence electrons. The molecular weight excluding hydrogens is 196 g/mol. The van der Waals surface area contributed by atoms with Crippen LogP contribution in [0.15, 0.2) is 0 Å². The van der Waals surface area contributed by atoms with Crippen molar-refractivity contribution in [3.8, 4) is 0 Å². The first-order chi connectivity index (χ1) is 7.13. The molecule has 15 heavy (non-hydrogen) atoms. The lowest BCUT2D eigenvalue weighted by molar-refractivity contribution is -0.152. The maximum Gasteiger partial charge on any atom is 0.312 e. The van der Waals surface area contributed by atoms with Crippen molar-refractivity contribution in [3.63, 3.8) is 0 Å². The highest BCUT2D eigenvalue weighted by molar-refractivity contribution is 5.75. The first kappa shape index (κ1) is 12.5. The summed E-state index contributed by atoms with van der Waals surface area (Å²) in [5, 5.41) is 9.27. The second kappa shape index (κ2) is 5.47. The molecule has 0 aromatic rings. The Morgan fingerprint density at radius 2 is 2.40 bits per heavy atom. The molecule has 4 heteroatoms. The standard InChI is InChI=1S/C11H20O4/c1-3-14-7-4-5-11(10(12)13)6-8-15-9(11)2/h9H,3-8H2,1-2H3,(H,12,13). The van der Waals surface area contributed by atoms with Crippen molar-refractivity contribution in [1.29, 1.82) is 0 Å². The summed E-state index contributed by atoms with van der Waals surface area (Å²) in [5.41, 5.74) is -0.683. The van der Waals surface area contributed by atoms with Gasteiger partial charge in [0.2, 0.25) is 0 Å². The first-order valence-electron chi connectivity index (χ1n) is 5.56. The van der Waals surface area contributed by atoms with Crippen LogP contribution in [0.2, 0.25) is 0 Å². The van der Waals surface area contributed by atoms with Gasteiger partial charge in [0.15, 0.2) is 0 Å². The summed E-state index contributed by atoms with van der Waals surface area (Å²) < 4.78 is 10.6. The number of carbonyl (C=O) groups is 1. The molecule has 0 aromatic carbocycles. The fourth-order valence-electron chi connectivity index (χ4n) is 2.13. The SMILES string of the molecule is CCOCCCC1(C(=O)O)CCOC1C. The third-order valence-electron chi connectivity index (χ3n) is 3.24. The number of hydrogen-bond acceptors (Lipinski definition) is 3. The van der Waals surface area contributed by atoms with E-state index < -0.39 is 11.4 Å². The molecule has 1 N–H and O–H groups in total. The van der Waals surface area contributed by atoms with Gasteiger partial charge < -0.3 is 14.6 Å². The van der Waals surface area contributed by atoms with E-state index in [1.807, 2.05) is 13.8 Å². The first-order valence-corrected chi connectivity index (χ1v) is 5.56. The van der Waals surface area contributed by atoms with E-state index in [0.29, 0.717) is 32.7 Å². The predicted molar refractivity (Wildman–Crippen MR) is 55.8 cm³/mol. The highest BCUT2D eigenvalue weighted by atomic mass is 16.5. The van der Waals surface area contributed by atoms with E-state index in [-0.39, 0.29) is 6.10 Å². The van der Waals surface area contributed by atoms with Crippen LogP contribution in [-0.4, -0.2) is 37.0 Å². The van der Waals surface area contributed by atoms with E-state index in [4.69, 9.17) is 9.47 Å². The molecule has 1 saturated heterocycles. The van der Waals surface area contributed by atoms with Crippen molar-refractivity contribution < 1.29 is 19.4 Å². The minimum Gasteiger partial charge on any atom is -0.481 e. The average molecular weight is 216 g/mol. The second-order valence-corrected chi connectivity index (χ2v) is 4.02. The summed E-state index contributed by atoms with van der Waals surface area (Å²) in [6, 6.07) is 0. The third kappa shape index (κ3) is 2.69. The molecule has 2 atom stereocenters. The second-order valence-electron chi connectivity index (χ2n) is 4.02. The molecule has 2 unspecified atom stereocenters. The molecule has 0 radical (unpaired) electrons. The van der Waals surface area contributed by atoms with E-state index >= 15 is 0 Å². The summed E-state index contributed by atoms with van der Waals surface area (Å²) >= 11 is 0. The number of carboxylic acid groups (broad SMARTS) is 1. The molecular formula is C11H20O4. The molecule has 0 aliphatic carbocycles. The molecule has 4 nitrogen and oxygen atoms in total. The molecule has 1 rings (SSSR count). The van der Waals surface area contributed by atoms with Crippen LogP contribution >= 0.6 is 0 Å². The van der Waals surface area contributed by atoms with Gasteiger partial charge in [0.1, 0.15) is 0 Å². The van der Waals surface area contributed by atoms with E-state index in [1.54, 1.807) is 0 Å². The quantitative estimate of drug-likeness (QED) is 0.686. The van der Waals surface area contributed by atoms with Crippen molar-refractivity contribution in [2.45, 2.75) is 39.2 Å². The van der Waals surface area contributed by atoms with Gasteiger partial charge in [-0.3, -0.25) is 4.79 Å². The number of hydrogen-bond donors (Lipinski definition) is 1. The van der Waals surface area contributed by atoms with Crippen molar-refractivity contribution in [1.82, 2.24) is 0 Å². The normalized spacial score (nSPS) is 30.7. The lowest BCUT2D eigenvalue weighted by Gasteiger charge is -2.27. The Morgan fingerprint density at radius 1 is 1.67 bits per heavy atom. The van der Waals surface area contributed by atoms with Gasteiger partial charge in [-0.1, -0.05) is 0 Å². The predicted octanol–water partition coefficient (Wildman–Crippen LogP) is 1.68. The van der Waals surface area contributed by atoms with Crippen LogP contribution in [0.3, 0.4) is 0 Å². The number of rotatable bonds is 6. The van der Waals surface area contributed by atoms with Crippen molar-refractivity contribution in [2.24, 2.45) is 5.41 Å². The van der Waals surface area contributed by atoms with Gasteiger partial charge in [-0.25, -0.2) is 0 Å². The van der Waals surface area contributed by atoms with Crippen LogP contribution in [0.1, 0.15) is 33.1 Å². The van der Waals surface area contributed by atoms with Gasteiger partial charge in [0.05, 0.1) is 11.5 Å². The molecule has 1 aliphatic rings. The van der Waals surface area contributed by atoms with E-state index in [1.165, 1.54) is 0 Å². The van der Waals surface area contributed by atoms with Crippen LogP contribution < -0.4 is 0 Å². The molecule has 1 fully saturated rings. The highest BCUT2D eigenvalue weighted by Crippen LogP contribution is 2.39. The summed E-state index contributed by atoms with van der Waals surface area (Å²) in [6.07, 6.45) is 1.86. The zero-order chi connectivity index (χ0) is 11.3. The fourth-order valence-corrected chi connectivity index (χ4v) is 2.13. The Morgan fingerprint density at radius 3 is 2.87 bits per heavy atom. The van der Waals surface area contributed by atoms with Gasteiger partial charge in [0.25, 0.3) is 0 Å². The van der Waals surface area contributed by atoms with E-state index in [0.717, 1.165) is 6.42 Å². The highest BCUT2D eigenvalue weighted by Gasteiger charge is 2.47. The third-order valence-corrected chi connectivity index (χ3v) is 3.24. The lowest BCUT2D eigenvalue weighted by Crippen LogP contribution is -2.37. The Hall–Kier alpha value is -0.610. The van der Waals surface area contributed by atoms with Gasteiger partial charge in [-0.15, -0.1) is 0 Å². The molecule has 1 aliphatic heterocycles. The minimum atomic E-state index is -0.732. The minimum absolute atomic E-state index is 0.184. The Labute approximate surface area is 90.6 Å². The van der Waals surface area contributed by atoms with Crippen LogP contribution in [-0.2, 0) is 14.3 Å². The Bertz CT molecular complexity index is 217. The zero-order valence-electron chi connectivity index (χ0n) is 9.49. The van der Waals surface area contributed by atoms with Crippen molar-refractivity contribution >= 4 is 5.97 Å². The topological polar surface area (TPSA) is 55.8 Å². The van der Waals surface area contributed by atoms with Crippen molar-refractivity contribution in [3.05, 3.63) is 0 Å². The van der Waals surface area contributed by atoms with Crippen LogP contribution in [0.5, 0.6) is 0 Å². The molecule has 0 amide bonds. The van der Waals surface area contributed by atoms with Crippen LogP contribution in [0.4, 0.5) is 0 Å². The smallest absolute Gasteiger partial charge is 0.312 e. The van der Waals surface area contributed by atoms with E-state index in [2.05, 4.69) is 0 Å².